The number of benzene rings is 3. The molecule has 1 amide bonds. The lowest BCUT2D eigenvalue weighted by molar-refractivity contribution is 0.0762. The van der Waals surface area contributed by atoms with Crippen molar-refractivity contribution in [1.82, 2.24) is 9.88 Å². The van der Waals surface area contributed by atoms with Crippen LogP contribution >= 0.6 is 11.6 Å². The van der Waals surface area contributed by atoms with Crippen LogP contribution in [0.25, 0.3) is 10.9 Å². The van der Waals surface area contributed by atoms with Crippen molar-refractivity contribution in [3.63, 3.8) is 0 Å². The summed E-state index contributed by atoms with van der Waals surface area (Å²) in [6.07, 6.45) is 3.14. The average Bonchev–Trinajstić information content (AvgIpc) is 2.87. The van der Waals surface area contributed by atoms with E-state index in [4.69, 9.17) is 11.6 Å². The SMILES string of the molecule is CCN(CCCc1ccccc1Cl)C(=O)c1ccc(NS(=O)(=O)c2cccc3cccnc23)cc1C. The summed E-state index contributed by atoms with van der Waals surface area (Å²) in [7, 11) is -3.87. The second-order valence-corrected chi connectivity index (χ2v) is 10.6. The number of halogens is 1. The number of amides is 1. The van der Waals surface area contributed by atoms with Gasteiger partial charge in [-0.05, 0) is 74.2 Å². The van der Waals surface area contributed by atoms with E-state index in [2.05, 4.69) is 9.71 Å². The van der Waals surface area contributed by atoms with Crippen LogP contribution in [0.15, 0.2) is 83.9 Å². The number of aromatic nitrogens is 1. The summed E-state index contributed by atoms with van der Waals surface area (Å²) in [5.74, 6) is -0.0816. The zero-order valence-electron chi connectivity index (χ0n) is 20.2. The average molecular weight is 522 g/mol. The lowest BCUT2D eigenvalue weighted by atomic mass is 10.1. The molecular weight excluding hydrogens is 494 g/mol. The predicted octanol–water partition coefficient (Wildman–Crippen LogP) is 6.09. The summed E-state index contributed by atoms with van der Waals surface area (Å²) in [6, 6.07) is 21.3. The van der Waals surface area contributed by atoms with E-state index in [1.165, 1.54) is 6.07 Å². The maximum atomic E-state index is 13.2. The molecule has 3 aromatic carbocycles. The Balaban J connectivity index is 1.47. The third-order valence-electron chi connectivity index (χ3n) is 6.10. The highest BCUT2D eigenvalue weighted by Crippen LogP contribution is 2.25. The van der Waals surface area contributed by atoms with E-state index in [0.717, 1.165) is 28.8 Å². The molecule has 0 aliphatic rings. The number of hydrogen-bond donors (Lipinski definition) is 1. The zero-order valence-corrected chi connectivity index (χ0v) is 21.8. The topological polar surface area (TPSA) is 79.4 Å². The number of sulfonamides is 1. The maximum Gasteiger partial charge on any atom is 0.264 e. The van der Waals surface area contributed by atoms with E-state index in [1.54, 1.807) is 41.4 Å². The fourth-order valence-electron chi connectivity index (χ4n) is 4.21. The third kappa shape index (κ3) is 5.69. The van der Waals surface area contributed by atoms with E-state index in [0.29, 0.717) is 35.4 Å². The summed E-state index contributed by atoms with van der Waals surface area (Å²) < 4.78 is 28.9. The number of carbonyl (C=O) groups excluding carboxylic acids is 1. The molecule has 0 unspecified atom stereocenters. The van der Waals surface area contributed by atoms with Crippen LogP contribution in [0.2, 0.25) is 5.02 Å². The van der Waals surface area contributed by atoms with Gasteiger partial charge >= 0.3 is 0 Å². The van der Waals surface area contributed by atoms with Crippen LogP contribution in [0.5, 0.6) is 0 Å². The van der Waals surface area contributed by atoms with Gasteiger partial charge in [0.15, 0.2) is 0 Å². The number of carbonyl (C=O) groups is 1. The van der Waals surface area contributed by atoms with Crippen molar-refractivity contribution < 1.29 is 13.2 Å². The number of pyridine rings is 1. The molecule has 0 aliphatic carbocycles. The monoisotopic (exact) mass is 521 g/mol. The predicted molar refractivity (Wildman–Crippen MR) is 145 cm³/mol. The first-order valence-corrected chi connectivity index (χ1v) is 13.7. The van der Waals surface area contributed by atoms with Crippen LogP contribution in [-0.4, -0.2) is 37.3 Å². The molecule has 0 saturated heterocycles. The molecule has 0 spiro atoms. The van der Waals surface area contributed by atoms with Crippen molar-refractivity contribution >= 4 is 44.1 Å². The van der Waals surface area contributed by atoms with Gasteiger partial charge in [-0.1, -0.05) is 48.0 Å². The van der Waals surface area contributed by atoms with Gasteiger partial charge in [-0.15, -0.1) is 0 Å². The Morgan fingerprint density at radius 2 is 1.81 bits per heavy atom. The van der Waals surface area contributed by atoms with Crippen molar-refractivity contribution in [2.24, 2.45) is 0 Å². The first-order valence-electron chi connectivity index (χ1n) is 11.8. The van der Waals surface area contributed by atoms with Gasteiger partial charge in [-0.2, -0.15) is 0 Å². The summed E-state index contributed by atoms with van der Waals surface area (Å²) in [5, 5.41) is 1.48. The smallest absolute Gasteiger partial charge is 0.264 e. The highest BCUT2D eigenvalue weighted by Gasteiger charge is 2.20. The normalized spacial score (nSPS) is 11.4. The number of nitrogens with zero attached hydrogens (tertiary/aromatic N) is 2. The molecule has 6 nitrogen and oxygen atoms in total. The molecular formula is C28H28ClN3O3S. The molecule has 0 fully saturated rings. The summed E-state index contributed by atoms with van der Waals surface area (Å²) >= 11 is 6.25. The van der Waals surface area contributed by atoms with Crippen LogP contribution in [0.3, 0.4) is 0 Å². The second-order valence-electron chi connectivity index (χ2n) is 8.55. The molecule has 1 N–H and O–H groups in total. The van der Waals surface area contributed by atoms with E-state index >= 15 is 0 Å². The first-order chi connectivity index (χ1) is 17.3. The fraction of sp³-hybridized carbons (Fsp3) is 0.214. The Kier molecular flexibility index (Phi) is 7.91. The van der Waals surface area contributed by atoms with Crippen LogP contribution in [0.4, 0.5) is 5.69 Å². The quantitative estimate of drug-likeness (QED) is 0.289. The Bertz CT molecular complexity index is 1500. The summed E-state index contributed by atoms with van der Waals surface area (Å²) in [5.41, 5.74) is 3.10. The van der Waals surface area contributed by atoms with Gasteiger partial charge in [0.1, 0.15) is 4.90 Å². The van der Waals surface area contributed by atoms with Gasteiger partial charge < -0.3 is 4.90 Å². The van der Waals surface area contributed by atoms with Crippen molar-refractivity contribution in [1.29, 1.82) is 0 Å². The molecule has 0 atom stereocenters. The first kappa shape index (κ1) is 25.7. The van der Waals surface area contributed by atoms with Crippen LogP contribution in [0, 0.1) is 6.92 Å². The van der Waals surface area contributed by atoms with E-state index in [-0.39, 0.29) is 10.8 Å². The standard InChI is InChI=1S/C28H28ClN3O3S/c1-3-32(18-8-12-21-9-4-5-13-25(21)29)28(33)24-16-15-23(19-20(24)2)31-36(34,35)26-14-6-10-22-11-7-17-30-27(22)26/h4-7,9-11,13-17,19,31H,3,8,12,18H2,1-2H3. The molecule has 36 heavy (non-hydrogen) atoms. The van der Waals surface area contributed by atoms with E-state index < -0.39 is 10.0 Å². The Labute approximate surface area is 217 Å². The largest absolute Gasteiger partial charge is 0.339 e. The molecule has 1 heterocycles. The lowest BCUT2D eigenvalue weighted by Gasteiger charge is -2.22. The van der Waals surface area contributed by atoms with Gasteiger partial charge in [-0.25, -0.2) is 8.42 Å². The van der Waals surface area contributed by atoms with E-state index in [9.17, 15) is 13.2 Å². The highest BCUT2D eigenvalue weighted by atomic mass is 35.5. The second kappa shape index (κ2) is 11.1. The highest BCUT2D eigenvalue weighted by molar-refractivity contribution is 7.93. The molecule has 1 aromatic heterocycles. The number of rotatable bonds is 9. The van der Waals surface area contributed by atoms with Crippen molar-refractivity contribution in [3.05, 3.63) is 101 Å². The number of fused-ring (bicyclic) bond motifs is 1. The molecule has 8 heteroatoms. The minimum absolute atomic E-state index is 0.0816. The molecule has 0 radical (unpaired) electrons. The Morgan fingerprint density at radius 1 is 1.03 bits per heavy atom. The minimum Gasteiger partial charge on any atom is -0.339 e. The van der Waals surface area contributed by atoms with Crippen molar-refractivity contribution in [3.8, 4) is 0 Å². The van der Waals surface area contributed by atoms with Crippen LogP contribution in [-0.2, 0) is 16.4 Å². The summed E-state index contributed by atoms with van der Waals surface area (Å²) in [6.45, 7) is 4.93. The molecule has 4 aromatic rings. The van der Waals surface area contributed by atoms with Gasteiger partial charge in [0, 0.05) is 40.9 Å². The zero-order chi connectivity index (χ0) is 25.7. The number of nitrogens with one attached hydrogen (secondary N) is 1. The van der Waals surface area contributed by atoms with Gasteiger partial charge in [-0.3, -0.25) is 14.5 Å². The number of hydrogen-bond acceptors (Lipinski definition) is 4. The third-order valence-corrected chi connectivity index (χ3v) is 7.88. The van der Waals surface area contributed by atoms with E-state index in [1.807, 2.05) is 50.2 Å². The molecule has 0 bridgehead atoms. The van der Waals surface area contributed by atoms with Gasteiger partial charge in [0.2, 0.25) is 0 Å². The number of para-hydroxylation sites is 1. The molecule has 0 aliphatic heterocycles. The molecule has 186 valence electrons. The lowest BCUT2D eigenvalue weighted by Crippen LogP contribution is -2.32. The van der Waals surface area contributed by atoms with Crippen molar-refractivity contribution in [2.45, 2.75) is 31.6 Å². The van der Waals surface area contributed by atoms with Gasteiger partial charge in [0.25, 0.3) is 15.9 Å². The van der Waals surface area contributed by atoms with Gasteiger partial charge in [0.05, 0.1) is 5.52 Å². The fourth-order valence-corrected chi connectivity index (χ4v) is 5.67. The minimum atomic E-state index is -3.87. The number of aryl methyl sites for hydroxylation is 2. The van der Waals surface area contributed by atoms with Crippen LogP contribution in [0.1, 0.15) is 34.8 Å². The van der Waals surface area contributed by atoms with Crippen LogP contribution < -0.4 is 4.72 Å². The Morgan fingerprint density at radius 3 is 2.56 bits per heavy atom. The van der Waals surface area contributed by atoms with Crippen molar-refractivity contribution in [2.75, 3.05) is 17.8 Å². The molecule has 0 saturated carbocycles. The maximum absolute atomic E-state index is 13.2. The molecule has 4 rings (SSSR count). The Hall–Kier alpha value is -3.42. The summed E-state index contributed by atoms with van der Waals surface area (Å²) in [4.78, 5) is 19.4. The number of anilines is 1.